The van der Waals surface area contributed by atoms with Crippen LogP contribution < -0.4 is 5.32 Å². The number of amides is 1. The van der Waals surface area contributed by atoms with Crippen LogP contribution in [0.5, 0.6) is 0 Å². The molecule has 1 atom stereocenters. The number of aliphatic hydroxyl groups excluding tert-OH is 1. The van der Waals surface area contributed by atoms with Crippen LogP contribution in [0.4, 0.5) is 0 Å². The van der Waals surface area contributed by atoms with E-state index in [1.807, 2.05) is 24.4 Å². The van der Waals surface area contributed by atoms with E-state index in [2.05, 4.69) is 29.4 Å². The van der Waals surface area contributed by atoms with E-state index in [1.165, 1.54) is 6.42 Å². The van der Waals surface area contributed by atoms with Crippen LogP contribution in [-0.4, -0.2) is 22.1 Å². The topological polar surface area (TPSA) is 62.2 Å². The molecular formula is C22H28N2O2. The van der Waals surface area contributed by atoms with Gasteiger partial charge in [-0.2, -0.15) is 0 Å². The summed E-state index contributed by atoms with van der Waals surface area (Å²) in [6, 6.07) is 10.1. The molecular weight excluding hydrogens is 324 g/mol. The lowest BCUT2D eigenvalue weighted by atomic mass is 9.72. The Morgan fingerprint density at radius 3 is 2.69 bits per heavy atom. The summed E-state index contributed by atoms with van der Waals surface area (Å²) < 4.78 is 0. The third-order valence-electron chi connectivity index (χ3n) is 6.38. The molecule has 0 bridgehead atoms. The number of para-hydroxylation sites is 1. The number of pyridine rings is 1. The second-order valence-electron chi connectivity index (χ2n) is 8.42. The molecule has 0 radical (unpaired) electrons. The highest BCUT2D eigenvalue weighted by Crippen LogP contribution is 2.41. The summed E-state index contributed by atoms with van der Waals surface area (Å²) in [6.07, 6.45) is 8.57. The monoisotopic (exact) mass is 352 g/mol. The fourth-order valence-corrected chi connectivity index (χ4v) is 4.51. The third kappa shape index (κ3) is 3.35. The molecule has 2 fully saturated rings. The summed E-state index contributed by atoms with van der Waals surface area (Å²) in [5.41, 5.74) is 1.76. The van der Waals surface area contributed by atoms with Crippen molar-refractivity contribution in [2.45, 2.75) is 64.0 Å². The first-order valence-corrected chi connectivity index (χ1v) is 9.89. The number of nitrogens with zero attached hydrogens (tertiary/aromatic N) is 1. The van der Waals surface area contributed by atoms with E-state index in [9.17, 15) is 9.90 Å². The van der Waals surface area contributed by atoms with Crippen LogP contribution in [0.25, 0.3) is 10.9 Å². The van der Waals surface area contributed by atoms with Gasteiger partial charge in [-0.15, -0.1) is 0 Å². The first-order chi connectivity index (χ1) is 12.5. The highest BCUT2D eigenvalue weighted by atomic mass is 16.3. The Bertz CT molecular complexity index is 792. The molecule has 4 heteroatoms. The molecule has 4 nitrogen and oxygen atoms in total. The number of nitrogens with one attached hydrogen (secondary N) is 1. The largest absolute Gasteiger partial charge is 0.393 e. The fourth-order valence-electron chi connectivity index (χ4n) is 4.51. The highest BCUT2D eigenvalue weighted by Gasteiger charge is 2.40. The molecule has 2 N–H and O–H groups in total. The van der Waals surface area contributed by atoms with Crippen molar-refractivity contribution in [2.75, 3.05) is 0 Å². The van der Waals surface area contributed by atoms with Gasteiger partial charge in [0.2, 0.25) is 5.91 Å². The molecule has 4 rings (SSSR count). The maximum Gasteiger partial charge on any atom is 0.226 e. The normalized spacial score (nSPS) is 26.1. The van der Waals surface area contributed by atoms with Crippen LogP contribution in [0, 0.1) is 11.3 Å². The van der Waals surface area contributed by atoms with E-state index in [-0.39, 0.29) is 29.4 Å². The molecule has 2 saturated carbocycles. The molecule has 1 aromatic heterocycles. The molecule has 2 aromatic rings. The number of carbonyl (C=O) groups is 1. The Balaban J connectivity index is 1.60. The van der Waals surface area contributed by atoms with Gasteiger partial charge in [0.25, 0.3) is 0 Å². The molecule has 138 valence electrons. The molecule has 0 unspecified atom stereocenters. The Labute approximate surface area is 155 Å². The van der Waals surface area contributed by atoms with Gasteiger partial charge in [0.1, 0.15) is 0 Å². The predicted molar refractivity (Wildman–Crippen MR) is 103 cm³/mol. The summed E-state index contributed by atoms with van der Waals surface area (Å²) in [6.45, 7) is 2.10. The summed E-state index contributed by atoms with van der Waals surface area (Å²) in [7, 11) is 0. The van der Waals surface area contributed by atoms with Crippen LogP contribution in [0.15, 0.2) is 36.5 Å². The number of hydrogen-bond donors (Lipinski definition) is 2. The van der Waals surface area contributed by atoms with E-state index in [4.69, 9.17) is 0 Å². The zero-order valence-electron chi connectivity index (χ0n) is 15.4. The van der Waals surface area contributed by atoms with Crippen molar-refractivity contribution in [3.05, 3.63) is 42.1 Å². The summed E-state index contributed by atoms with van der Waals surface area (Å²) in [4.78, 5) is 17.7. The van der Waals surface area contributed by atoms with Crippen molar-refractivity contribution in [1.29, 1.82) is 0 Å². The lowest BCUT2D eigenvalue weighted by Crippen LogP contribution is -2.47. The quantitative estimate of drug-likeness (QED) is 0.869. The van der Waals surface area contributed by atoms with Crippen LogP contribution in [0.2, 0.25) is 0 Å². The first-order valence-electron chi connectivity index (χ1n) is 9.89. The zero-order valence-corrected chi connectivity index (χ0v) is 15.4. The van der Waals surface area contributed by atoms with E-state index in [0.717, 1.165) is 55.0 Å². The maximum atomic E-state index is 13.1. The number of fused-ring (bicyclic) bond motifs is 1. The number of rotatable bonds is 4. The number of benzene rings is 1. The second kappa shape index (κ2) is 6.99. The SMILES string of the molecule is CC1(C(=O)N[C@H](c2cnc3ccccc3c2)C2CC(O)C2)CCCCC1. The fraction of sp³-hybridized carbons (Fsp3) is 0.545. The van der Waals surface area contributed by atoms with Crippen molar-refractivity contribution in [1.82, 2.24) is 10.3 Å². The van der Waals surface area contributed by atoms with Crippen molar-refractivity contribution in [3.8, 4) is 0 Å². The molecule has 2 aliphatic carbocycles. The number of hydrogen-bond acceptors (Lipinski definition) is 3. The van der Waals surface area contributed by atoms with Gasteiger partial charge in [0, 0.05) is 17.0 Å². The van der Waals surface area contributed by atoms with Crippen molar-refractivity contribution >= 4 is 16.8 Å². The van der Waals surface area contributed by atoms with E-state index >= 15 is 0 Å². The van der Waals surface area contributed by atoms with E-state index in [1.54, 1.807) is 0 Å². The Kier molecular flexibility index (Phi) is 4.70. The minimum absolute atomic E-state index is 0.0678. The van der Waals surface area contributed by atoms with Crippen molar-refractivity contribution in [2.24, 2.45) is 11.3 Å². The maximum absolute atomic E-state index is 13.1. The smallest absolute Gasteiger partial charge is 0.226 e. The molecule has 2 aliphatic rings. The van der Waals surface area contributed by atoms with E-state index < -0.39 is 0 Å². The van der Waals surface area contributed by atoms with Crippen LogP contribution in [-0.2, 0) is 4.79 Å². The van der Waals surface area contributed by atoms with Crippen molar-refractivity contribution < 1.29 is 9.90 Å². The van der Waals surface area contributed by atoms with Gasteiger partial charge in [-0.25, -0.2) is 0 Å². The van der Waals surface area contributed by atoms with Gasteiger partial charge >= 0.3 is 0 Å². The van der Waals surface area contributed by atoms with Crippen LogP contribution >= 0.6 is 0 Å². The first kappa shape index (κ1) is 17.5. The molecule has 1 aromatic carbocycles. The average molecular weight is 352 g/mol. The predicted octanol–water partition coefficient (Wildman–Crippen LogP) is 4.13. The molecule has 26 heavy (non-hydrogen) atoms. The van der Waals surface area contributed by atoms with Gasteiger partial charge in [-0.1, -0.05) is 44.4 Å². The Morgan fingerprint density at radius 1 is 1.23 bits per heavy atom. The lowest BCUT2D eigenvalue weighted by molar-refractivity contribution is -0.134. The second-order valence-corrected chi connectivity index (χ2v) is 8.42. The standard InChI is InChI=1S/C22H28N2O2/c1-22(9-5-2-6-10-22)21(26)24-20(16-12-18(25)13-16)17-11-15-7-3-4-8-19(15)23-14-17/h3-4,7-8,11,14,16,18,20,25H,2,5-6,9-10,12-13H2,1H3,(H,24,26)/t16?,18?,20-/m0/s1. The molecule has 1 heterocycles. The van der Waals surface area contributed by atoms with Crippen LogP contribution in [0.3, 0.4) is 0 Å². The lowest BCUT2D eigenvalue weighted by Gasteiger charge is -2.40. The Morgan fingerprint density at radius 2 is 1.96 bits per heavy atom. The Hall–Kier alpha value is -1.94. The van der Waals surface area contributed by atoms with Gasteiger partial charge in [0.15, 0.2) is 0 Å². The summed E-state index contributed by atoms with van der Waals surface area (Å²) >= 11 is 0. The van der Waals surface area contributed by atoms with E-state index in [0.29, 0.717) is 0 Å². The highest BCUT2D eigenvalue weighted by molar-refractivity contribution is 5.83. The summed E-state index contributed by atoms with van der Waals surface area (Å²) in [5.74, 6) is 0.445. The molecule has 0 aliphatic heterocycles. The number of aromatic nitrogens is 1. The summed E-state index contributed by atoms with van der Waals surface area (Å²) in [5, 5.41) is 14.2. The third-order valence-corrected chi connectivity index (χ3v) is 6.38. The molecule has 0 spiro atoms. The molecule has 1 amide bonds. The number of carbonyl (C=O) groups excluding carboxylic acids is 1. The zero-order chi connectivity index (χ0) is 18.1. The number of aliphatic hydroxyl groups is 1. The van der Waals surface area contributed by atoms with Crippen molar-refractivity contribution in [3.63, 3.8) is 0 Å². The van der Waals surface area contributed by atoms with Gasteiger partial charge in [-0.05, 0) is 49.3 Å². The van der Waals surface area contributed by atoms with Gasteiger partial charge in [0.05, 0.1) is 17.7 Å². The van der Waals surface area contributed by atoms with Crippen LogP contribution in [0.1, 0.15) is 63.5 Å². The van der Waals surface area contributed by atoms with Gasteiger partial charge < -0.3 is 10.4 Å². The molecule has 0 saturated heterocycles. The minimum Gasteiger partial charge on any atom is -0.393 e. The average Bonchev–Trinajstić information content (AvgIpc) is 2.64. The van der Waals surface area contributed by atoms with Gasteiger partial charge in [-0.3, -0.25) is 9.78 Å². The minimum atomic E-state index is -0.261.